The predicted octanol–water partition coefficient (Wildman–Crippen LogP) is 4.76. The maximum Gasteiger partial charge on any atom is 0.632 e. The number of aromatic hydroxyl groups is 2. The van der Waals surface area contributed by atoms with E-state index in [2.05, 4.69) is 5.32 Å². The molecule has 1 amide bonds. The summed E-state index contributed by atoms with van der Waals surface area (Å²) in [6, 6.07) is 23.8. The van der Waals surface area contributed by atoms with E-state index in [9.17, 15) is 15.0 Å². The Morgan fingerprint density at radius 1 is 0.857 bits per heavy atom. The van der Waals surface area contributed by atoms with Gasteiger partial charge in [0.15, 0.2) is 11.4 Å². The van der Waals surface area contributed by atoms with Crippen molar-refractivity contribution in [3.63, 3.8) is 0 Å². The van der Waals surface area contributed by atoms with Gasteiger partial charge in [0.05, 0.1) is 0 Å². The van der Waals surface area contributed by atoms with Crippen LogP contribution in [0.25, 0.3) is 10.9 Å². The maximum absolute atomic E-state index is 13.0. The lowest BCUT2D eigenvalue weighted by molar-refractivity contribution is -0.830. The predicted molar refractivity (Wildman–Crippen MR) is 131 cm³/mol. The monoisotopic (exact) mass is 471 g/mol. The summed E-state index contributed by atoms with van der Waals surface area (Å²) in [5.41, 5.74) is 1.22. The summed E-state index contributed by atoms with van der Waals surface area (Å²) >= 11 is 0. The third-order valence-corrected chi connectivity index (χ3v) is 6.48. The Labute approximate surface area is 203 Å². The molecule has 0 spiro atoms. The highest BCUT2D eigenvalue weighted by molar-refractivity contribution is 5.90. The fourth-order valence-electron chi connectivity index (χ4n) is 4.77. The van der Waals surface area contributed by atoms with Gasteiger partial charge in [0, 0.05) is 24.6 Å². The highest BCUT2D eigenvalue weighted by Gasteiger charge is 2.39. The lowest BCUT2D eigenvalue weighted by atomic mass is 9.95. The van der Waals surface area contributed by atoms with Crippen LogP contribution in [0.1, 0.15) is 38.1 Å². The molecule has 1 aromatic heterocycles. The van der Waals surface area contributed by atoms with Crippen LogP contribution >= 0.6 is 0 Å². The lowest BCUT2D eigenvalue weighted by Gasteiger charge is -2.17. The first-order valence-electron chi connectivity index (χ1n) is 12.0. The van der Waals surface area contributed by atoms with Crippen molar-refractivity contribution in [2.24, 2.45) is 0 Å². The molecule has 1 saturated carbocycles. The normalized spacial score (nSPS) is 14.1. The van der Waals surface area contributed by atoms with Gasteiger partial charge in [-0.05, 0) is 55.3 Å². The quantitative estimate of drug-likeness (QED) is 0.354. The minimum atomic E-state index is -0.284. The standard InChI is InChI=1S/C28H27N3O4/c32-26(29-20-15-17-23(18-16-20)35-22-11-5-2-6-12-22)19-30-25-14-8-7-13-24(25)27(33)31(28(30)34)21-9-3-1-4-10-21/h2,5-8,11-18,21H,1,3-4,9-10,19H2,(H,29,32)/p+2. The van der Waals surface area contributed by atoms with Crippen molar-refractivity contribution in [1.82, 2.24) is 0 Å². The third-order valence-electron chi connectivity index (χ3n) is 6.48. The van der Waals surface area contributed by atoms with E-state index in [1.807, 2.05) is 48.5 Å². The van der Waals surface area contributed by atoms with E-state index in [0.717, 1.165) is 37.9 Å². The van der Waals surface area contributed by atoms with Crippen LogP contribution in [-0.2, 0) is 11.3 Å². The van der Waals surface area contributed by atoms with Crippen LogP contribution in [0.15, 0.2) is 78.9 Å². The molecular formula is C28H29N3O4+2. The van der Waals surface area contributed by atoms with E-state index in [-0.39, 0.29) is 30.4 Å². The van der Waals surface area contributed by atoms with Gasteiger partial charge in [-0.1, -0.05) is 45.9 Å². The molecule has 1 aliphatic carbocycles. The van der Waals surface area contributed by atoms with Gasteiger partial charge in [0.1, 0.15) is 11.5 Å². The molecule has 1 aliphatic rings. The van der Waals surface area contributed by atoms with Crippen molar-refractivity contribution >= 4 is 22.5 Å². The van der Waals surface area contributed by atoms with E-state index in [1.165, 1.54) is 0 Å². The van der Waals surface area contributed by atoms with Gasteiger partial charge < -0.3 is 20.3 Å². The van der Waals surface area contributed by atoms with Gasteiger partial charge in [-0.15, -0.1) is 0 Å². The van der Waals surface area contributed by atoms with Crippen LogP contribution < -0.4 is 19.2 Å². The average Bonchev–Trinajstić information content (AvgIpc) is 2.89. The number of hydrogen-bond acceptors (Lipinski definition) is 4. The molecule has 0 radical (unpaired) electrons. The fourth-order valence-corrected chi connectivity index (χ4v) is 4.77. The number of aromatic nitrogens is 2. The zero-order valence-electron chi connectivity index (χ0n) is 19.4. The summed E-state index contributed by atoms with van der Waals surface area (Å²) in [5.74, 6) is 1.16. The summed E-state index contributed by atoms with van der Waals surface area (Å²) in [5, 5.41) is 25.7. The van der Waals surface area contributed by atoms with Crippen LogP contribution in [-0.4, -0.2) is 16.1 Å². The first-order chi connectivity index (χ1) is 17.1. The molecule has 1 heterocycles. The Morgan fingerprint density at radius 2 is 1.51 bits per heavy atom. The van der Waals surface area contributed by atoms with Gasteiger partial charge in [-0.2, -0.15) is 0 Å². The third kappa shape index (κ3) is 4.89. The van der Waals surface area contributed by atoms with Crippen molar-refractivity contribution in [2.75, 3.05) is 5.32 Å². The number of hydrogen-bond donors (Lipinski definition) is 3. The number of amides is 1. The van der Waals surface area contributed by atoms with Crippen molar-refractivity contribution in [3.05, 3.63) is 78.9 Å². The first kappa shape index (κ1) is 22.7. The zero-order chi connectivity index (χ0) is 24.2. The van der Waals surface area contributed by atoms with Crippen LogP contribution in [0.4, 0.5) is 5.69 Å². The molecular weight excluding hydrogens is 442 g/mol. The Balaban J connectivity index is 1.37. The number of rotatable bonds is 6. The van der Waals surface area contributed by atoms with Crippen molar-refractivity contribution in [1.29, 1.82) is 0 Å². The highest BCUT2D eigenvalue weighted by Crippen LogP contribution is 2.30. The number of fused-ring (bicyclic) bond motifs is 1. The number of nitrogens with one attached hydrogen (secondary N) is 1. The van der Waals surface area contributed by atoms with Gasteiger partial charge >= 0.3 is 11.9 Å². The second-order valence-electron chi connectivity index (χ2n) is 8.88. The van der Waals surface area contributed by atoms with Crippen LogP contribution in [0.5, 0.6) is 23.4 Å². The van der Waals surface area contributed by atoms with E-state index >= 15 is 0 Å². The molecule has 0 aliphatic heterocycles. The molecule has 0 atom stereocenters. The smallest absolute Gasteiger partial charge is 0.459 e. The fraction of sp³-hybridized carbons (Fsp3) is 0.250. The van der Waals surface area contributed by atoms with Gasteiger partial charge in [-0.25, -0.2) is 0 Å². The van der Waals surface area contributed by atoms with Crippen molar-refractivity contribution < 1.29 is 28.9 Å². The molecule has 3 N–H and O–H groups in total. The summed E-state index contributed by atoms with van der Waals surface area (Å²) < 4.78 is 8.95. The lowest BCUT2D eigenvalue weighted by Crippen LogP contribution is -2.53. The van der Waals surface area contributed by atoms with Crippen LogP contribution in [0.3, 0.4) is 0 Å². The molecule has 3 aromatic carbocycles. The first-order valence-corrected chi connectivity index (χ1v) is 12.0. The maximum atomic E-state index is 13.0. The summed E-state index contributed by atoms with van der Waals surface area (Å²) in [6.45, 7) is -0.0956. The Bertz CT molecular complexity index is 1330. The summed E-state index contributed by atoms with van der Waals surface area (Å²) in [7, 11) is 0. The van der Waals surface area contributed by atoms with E-state index in [0.29, 0.717) is 22.3 Å². The summed E-state index contributed by atoms with van der Waals surface area (Å²) in [4.78, 5) is 13.0. The average molecular weight is 472 g/mol. The zero-order valence-corrected chi connectivity index (χ0v) is 19.4. The second-order valence-corrected chi connectivity index (χ2v) is 8.88. The number of para-hydroxylation sites is 2. The molecule has 0 bridgehead atoms. The number of ether oxygens (including phenoxy) is 1. The second kappa shape index (κ2) is 10.0. The molecule has 1 fully saturated rings. The minimum absolute atomic E-state index is 0.000161. The highest BCUT2D eigenvalue weighted by atomic mass is 16.5. The number of anilines is 1. The van der Waals surface area contributed by atoms with E-state index in [1.54, 1.807) is 39.5 Å². The van der Waals surface area contributed by atoms with Gasteiger partial charge in [0.2, 0.25) is 12.1 Å². The molecule has 35 heavy (non-hydrogen) atoms. The molecule has 7 heteroatoms. The summed E-state index contributed by atoms with van der Waals surface area (Å²) in [6.07, 6.45) is 5.02. The topological polar surface area (TPSA) is 86.6 Å². The van der Waals surface area contributed by atoms with Gasteiger partial charge in [-0.3, -0.25) is 4.79 Å². The van der Waals surface area contributed by atoms with Crippen LogP contribution in [0, 0.1) is 0 Å². The van der Waals surface area contributed by atoms with Gasteiger partial charge in [0.25, 0.3) is 5.91 Å². The van der Waals surface area contributed by atoms with Crippen molar-refractivity contribution in [2.45, 2.75) is 44.7 Å². The largest absolute Gasteiger partial charge is 0.632 e. The molecule has 7 nitrogen and oxygen atoms in total. The Kier molecular flexibility index (Phi) is 6.48. The number of nitrogens with zero attached hydrogens (tertiary/aromatic N) is 2. The molecule has 178 valence electrons. The minimum Gasteiger partial charge on any atom is -0.459 e. The molecule has 0 unspecified atom stereocenters. The van der Waals surface area contributed by atoms with E-state index in [4.69, 9.17) is 4.74 Å². The van der Waals surface area contributed by atoms with Crippen molar-refractivity contribution in [3.8, 4) is 23.4 Å². The molecule has 4 aromatic rings. The van der Waals surface area contributed by atoms with Crippen LogP contribution in [0.2, 0.25) is 0 Å². The Hall–Kier alpha value is -4.13. The molecule has 5 rings (SSSR count). The number of carbonyl (C=O) groups is 1. The Morgan fingerprint density at radius 3 is 2.26 bits per heavy atom. The number of benzene rings is 3. The SMILES string of the molecule is O=C(C[n+]1c(O)[n+](C2CCCCC2)c(O)c2ccccc21)Nc1ccc(Oc2ccccc2)cc1. The van der Waals surface area contributed by atoms with E-state index < -0.39 is 0 Å². The number of carbonyl (C=O) groups excluding carboxylic acids is 1. The molecule has 0 saturated heterocycles.